The van der Waals surface area contributed by atoms with Crippen molar-refractivity contribution in [2.45, 2.75) is 12.1 Å². The quantitative estimate of drug-likeness (QED) is 0.260. The first-order valence-electron chi connectivity index (χ1n) is 9.46. The zero-order valence-electron chi connectivity index (χ0n) is 16.7. The summed E-state index contributed by atoms with van der Waals surface area (Å²) >= 11 is 1.26. The number of ether oxygens (including phenoxy) is 1. The molecule has 0 aliphatic carbocycles. The van der Waals surface area contributed by atoms with Crippen molar-refractivity contribution in [3.63, 3.8) is 0 Å². The molecular weight excluding hydrogens is 396 g/mol. The van der Waals surface area contributed by atoms with Crippen LogP contribution in [0.2, 0.25) is 0 Å². The Hall–Kier alpha value is -3.38. The van der Waals surface area contributed by atoms with Gasteiger partial charge in [0, 0.05) is 5.56 Å². The number of benzene rings is 3. The van der Waals surface area contributed by atoms with E-state index in [1.807, 2.05) is 49.4 Å². The molecule has 30 heavy (non-hydrogen) atoms. The van der Waals surface area contributed by atoms with Gasteiger partial charge in [0.1, 0.15) is 5.75 Å². The summed E-state index contributed by atoms with van der Waals surface area (Å²) in [6.07, 6.45) is 0. The van der Waals surface area contributed by atoms with Crippen LogP contribution in [0.5, 0.6) is 5.75 Å². The normalized spacial score (nSPS) is 10.9. The molecule has 5 nitrogen and oxygen atoms in total. The molecule has 4 aromatic rings. The van der Waals surface area contributed by atoms with Crippen LogP contribution in [0.15, 0.2) is 82.7 Å². The highest BCUT2D eigenvalue weighted by Crippen LogP contribution is 2.23. The number of hydrogen-bond donors (Lipinski definition) is 0. The van der Waals surface area contributed by atoms with E-state index >= 15 is 0 Å². The maximum absolute atomic E-state index is 13.2. The number of aromatic nitrogens is 2. The highest BCUT2D eigenvalue weighted by atomic mass is 32.2. The van der Waals surface area contributed by atoms with Crippen LogP contribution in [0, 0.1) is 6.92 Å². The largest absolute Gasteiger partial charge is 0.497 e. The molecule has 0 saturated heterocycles. The fourth-order valence-electron chi connectivity index (χ4n) is 3.12. The zero-order chi connectivity index (χ0) is 21.1. The maximum Gasteiger partial charge on any atom is 0.266 e. The minimum Gasteiger partial charge on any atom is -0.497 e. The zero-order valence-corrected chi connectivity index (χ0v) is 17.5. The second-order valence-electron chi connectivity index (χ2n) is 6.83. The Morgan fingerprint density at radius 3 is 2.40 bits per heavy atom. The molecule has 1 aromatic heterocycles. The third-order valence-electron chi connectivity index (χ3n) is 4.78. The van der Waals surface area contributed by atoms with Crippen LogP contribution in [0.3, 0.4) is 0 Å². The highest BCUT2D eigenvalue weighted by Gasteiger charge is 2.15. The SMILES string of the molecule is COc1ccc(C(=O)CSc2nc3ccccc3c(=O)n2-c2ccc(C)cc2)cc1. The Labute approximate surface area is 178 Å². The van der Waals surface area contributed by atoms with E-state index in [9.17, 15) is 9.59 Å². The Morgan fingerprint density at radius 1 is 1.00 bits per heavy atom. The predicted octanol–water partition coefficient (Wildman–Crippen LogP) is 4.68. The smallest absolute Gasteiger partial charge is 0.266 e. The van der Waals surface area contributed by atoms with Crippen LogP contribution in [-0.4, -0.2) is 28.2 Å². The second kappa shape index (κ2) is 8.55. The van der Waals surface area contributed by atoms with Gasteiger partial charge in [0.05, 0.1) is 29.5 Å². The molecule has 0 aliphatic rings. The van der Waals surface area contributed by atoms with Crippen molar-refractivity contribution < 1.29 is 9.53 Å². The lowest BCUT2D eigenvalue weighted by Crippen LogP contribution is -2.22. The number of nitrogens with zero attached hydrogens (tertiary/aromatic N) is 2. The van der Waals surface area contributed by atoms with E-state index < -0.39 is 0 Å². The van der Waals surface area contributed by atoms with E-state index in [0.717, 1.165) is 11.3 Å². The highest BCUT2D eigenvalue weighted by molar-refractivity contribution is 7.99. The number of aryl methyl sites for hydroxylation is 1. The van der Waals surface area contributed by atoms with Crippen LogP contribution in [-0.2, 0) is 0 Å². The number of para-hydroxylation sites is 1. The average Bonchev–Trinajstić information content (AvgIpc) is 2.78. The van der Waals surface area contributed by atoms with Gasteiger partial charge >= 0.3 is 0 Å². The molecule has 0 fully saturated rings. The minimum absolute atomic E-state index is 0.0412. The second-order valence-corrected chi connectivity index (χ2v) is 7.77. The molecular formula is C24H20N2O3S. The third kappa shape index (κ3) is 4.00. The molecule has 0 amide bonds. The summed E-state index contributed by atoms with van der Waals surface area (Å²) in [4.78, 5) is 30.6. The Kier molecular flexibility index (Phi) is 5.68. The van der Waals surface area contributed by atoms with Crippen molar-refractivity contribution in [1.82, 2.24) is 9.55 Å². The number of rotatable bonds is 6. The number of ketones is 1. The van der Waals surface area contributed by atoms with Gasteiger partial charge in [0.15, 0.2) is 10.9 Å². The average molecular weight is 417 g/mol. The van der Waals surface area contributed by atoms with Gasteiger partial charge in [0.2, 0.25) is 0 Å². The molecule has 0 aliphatic heterocycles. The van der Waals surface area contributed by atoms with Gasteiger partial charge in [0.25, 0.3) is 5.56 Å². The van der Waals surface area contributed by atoms with E-state index in [2.05, 4.69) is 4.98 Å². The molecule has 0 bridgehead atoms. The summed E-state index contributed by atoms with van der Waals surface area (Å²) in [5.74, 6) is 0.826. The Balaban J connectivity index is 1.71. The number of fused-ring (bicyclic) bond motifs is 1. The minimum atomic E-state index is -0.149. The fraction of sp³-hybridized carbons (Fsp3) is 0.125. The summed E-state index contributed by atoms with van der Waals surface area (Å²) in [7, 11) is 1.59. The summed E-state index contributed by atoms with van der Waals surface area (Å²) in [5.41, 5.74) is 2.88. The van der Waals surface area contributed by atoms with E-state index in [1.165, 1.54) is 11.8 Å². The first-order chi connectivity index (χ1) is 14.6. The lowest BCUT2D eigenvalue weighted by Gasteiger charge is -2.13. The Bertz CT molecular complexity index is 1260. The van der Waals surface area contributed by atoms with E-state index in [4.69, 9.17) is 4.74 Å². The van der Waals surface area contributed by atoms with Crippen LogP contribution in [0.1, 0.15) is 15.9 Å². The van der Waals surface area contributed by atoms with Gasteiger partial charge in [-0.3, -0.25) is 14.2 Å². The van der Waals surface area contributed by atoms with Crippen molar-refractivity contribution in [2.24, 2.45) is 0 Å². The number of carbonyl (C=O) groups excluding carboxylic acids is 1. The fourth-order valence-corrected chi connectivity index (χ4v) is 4.03. The van der Waals surface area contributed by atoms with E-state index in [0.29, 0.717) is 27.4 Å². The standard InChI is InChI=1S/C24H20N2O3S/c1-16-7-11-18(12-8-16)26-23(28)20-5-3-4-6-21(20)25-24(26)30-15-22(27)17-9-13-19(29-2)14-10-17/h3-14H,15H2,1-2H3. The molecule has 4 rings (SSSR count). The predicted molar refractivity (Wildman–Crippen MR) is 120 cm³/mol. The van der Waals surface area contributed by atoms with Gasteiger partial charge < -0.3 is 4.74 Å². The number of Topliss-reactive ketones (excluding diaryl/α,β-unsaturated/α-hetero) is 1. The van der Waals surface area contributed by atoms with Gasteiger partial charge in [-0.15, -0.1) is 0 Å². The van der Waals surface area contributed by atoms with Crippen LogP contribution in [0.4, 0.5) is 0 Å². The van der Waals surface area contributed by atoms with E-state index in [1.54, 1.807) is 42.0 Å². The summed E-state index contributed by atoms with van der Waals surface area (Å²) in [6.45, 7) is 1.99. The molecule has 0 spiro atoms. The lowest BCUT2D eigenvalue weighted by molar-refractivity contribution is 0.102. The van der Waals surface area contributed by atoms with Crippen LogP contribution < -0.4 is 10.3 Å². The summed E-state index contributed by atoms with van der Waals surface area (Å²) in [6, 6.07) is 21.9. The number of methoxy groups -OCH3 is 1. The van der Waals surface area contributed by atoms with Gasteiger partial charge in [-0.25, -0.2) is 4.98 Å². The number of hydrogen-bond acceptors (Lipinski definition) is 5. The Morgan fingerprint density at radius 2 is 1.70 bits per heavy atom. The van der Waals surface area contributed by atoms with Gasteiger partial charge in [-0.1, -0.05) is 41.6 Å². The molecule has 0 saturated carbocycles. The first-order valence-corrected chi connectivity index (χ1v) is 10.4. The molecule has 0 N–H and O–H groups in total. The summed E-state index contributed by atoms with van der Waals surface area (Å²) < 4.78 is 6.72. The third-order valence-corrected chi connectivity index (χ3v) is 5.72. The molecule has 6 heteroatoms. The topological polar surface area (TPSA) is 61.2 Å². The maximum atomic E-state index is 13.2. The molecule has 1 heterocycles. The molecule has 150 valence electrons. The van der Waals surface area contributed by atoms with Crippen molar-refractivity contribution in [2.75, 3.05) is 12.9 Å². The van der Waals surface area contributed by atoms with Crippen molar-refractivity contribution in [1.29, 1.82) is 0 Å². The molecule has 0 radical (unpaired) electrons. The van der Waals surface area contributed by atoms with Crippen molar-refractivity contribution >= 4 is 28.4 Å². The molecule has 0 atom stereocenters. The molecule has 3 aromatic carbocycles. The van der Waals surface area contributed by atoms with Crippen molar-refractivity contribution in [3.05, 3.63) is 94.3 Å². The van der Waals surface area contributed by atoms with Gasteiger partial charge in [-0.05, 0) is 55.5 Å². The monoisotopic (exact) mass is 416 g/mol. The number of carbonyl (C=O) groups is 1. The van der Waals surface area contributed by atoms with E-state index in [-0.39, 0.29) is 17.1 Å². The first kappa shape index (κ1) is 19.9. The number of thioether (sulfide) groups is 1. The summed E-state index contributed by atoms with van der Waals surface area (Å²) in [5, 5.41) is 1.04. The lowest BCUT2D eigenvalue weighted by atomic mass is 10.1. The molecule has 0 unspecified atom stereocenters. The van der Waals surface area contributed by atoms with Gasteiger partial charge in [-0.2, -0.15) is 0 Å². The van der Waals surface area contributed by atoms with Crippen molar-refractivity contribution in [3.8, 4) is 11.4 Å². The van der Waals surface area contributed by atoms with Crippen LogP contribution in [0.25, 0.3) is 16.6 Å². The van der Waals surface area contributed by atoms with Crippen LogP contribution >= 0.6 is 11.8 Å².